The van der Waals surface area contributed by atoms with Gasteiger partial charge in [0.25, 0.3) is 0 Å². The number of aromatic nitrogens is 2. The number of oxazole rings is 1. The van der Waals surface area contributed by atoms with Crippen molar-refractivity contribution in [2.45, 2.75) is 47.1 Å². The molecule has 2 heterocycles. The minimum absolute atomic E-state index is 0.0494. The largest absolute Gasteiger partial charge is 0.464 e. The zero-order chi connectivity index (χ0) is 20.1. The van der Waals surface area contributed by atoms with Gasteiger partial charge in [-0.2, -0.15) is 0 Å². The molecule has 0 saturated heterocycles. The van der Waals surface area contributed by atoms with Crippen molar-refractivity contribution in [1.29, 1.82) is 0 Å². The normalized spacial score (nSPS) is 12.0. The molecule has 1 atom stereocenters. The van der Waals surface area contributed by atoms with E-state index in [1.54, 1.807) is 12.3 Å². The molecular formula is C19H25N3O4S. The van der Waals surface area contributed by atoms with E-state index in [9.17, 15) is 9.59 Å². The summed E-state index contributed by atoms with van der Waals surface area (Å²) >= 11 is 1.42. The number of esters is 1. The summed E-state index contributed by atoms with van der Waals surface area (Å²) < 4.78 is 10.3. The van der Waals surface area contributed by atoms with Gasteiger partial charge in [-0.1, -0.05) is 25.5 Å². The standard InChI is InChI=1S/C19H25N3O4S/c1-10(2)7-8-14(23)21-15(11(3)4)18-20-13(9-27-18)17-22-16(12(5)26-17)19(24)25-6/h7,9,11,15H,8H2,1-6H3,(H,21,23)/t15-/m0/s1. The molecule has 0 spiro atoms. The summed E-state index contributed by atoms with van der Waals surface area (Å²) in [6.07, 6.45) is 2.23. The molecule has 1 N–H and O–H groups in total. The second-order valence-electron chi connectivity index (χ2n) is 6.76. The van der Waals surface area contributed by atoms with Gasteiger partial charge in [0.15, 0.2) is 5.69 Å². The Hall–Kier alpha value is -2.48. The number of nitrogens with zero attached hydrogens (tertiary/aromatic N) is 2. The highest BCUT2D eigenvalue weighted by Gasteiger charge is 2.24. The van der Waals surface area contributed by atoms with Gasteiger partial charge in [0.05, 0.1) is 13.2 Å². The highest BCUT2D eigenvalue weighted by Crippen LogP contribution is 2.30. The molecule has 2 aromatic rings. The lowest BCUT2D eigenvalue weighted by molar-refractivity contribution is -0.121. The Morgan fingerprint density at radius 1 is 1.33 bits per heavy atom. The van der Waals surface area contributed by atoms with Crippen LogP contribution in [0.15, 0.2) is 21.4 Å². The van der Waals surface area contributed by atoms with Gasteiger partial charge in [0.1, 0.15) is 16.5 Å². The van der Waals surface area contributed by atoms with Gasteiger partial charge in [0, 0.05) is 11.8 Å². The lowest BCUT2D eigenvalue weighted by Crippen LogP contribution is -2.31. The maximum absolute atomic E-state index is 12.2. The van der Waals surface area contributed by atoms with Crippen LogP contribution in [-0.2, 0) is 9.53 Å². The van der Waals surface area contributed by atoms with Gasteiger partial charge in [0.2, 0.25) is 11.8 Å². The summed E-state index contributed by atoms with van der Waals surface area (Å²) in [5.74, 6) is 0.198. The second kappa shape index (κ2) is 8.94. The molecule has 27 heavy (non-hydrogen) atoms. The Labute approximate surface area is 162 Å². The van der Waals surface area contributed by atoms with Crippen molar-refractivity contribution in [2.24, 2.45) is 5.92 Å². The van der Waals surface area contributed by atoms with E-state index >= 15 is 0 Å². The van der Waals surface area contributed by atoms with Crippen LogP contribution in [0.2, 0.25) is 0 Å². The Balaban J connectivity index is 2.22. The van der Waals surface area contributed by atoms with Crippen molar-refractivity contribution in [1.82, 2.24) is 15.3 Å². The maximum Gasteiger partial charge on any atom is 0.360 e. The zero-order valence-corrected chi connectivity index (χ0v) is 17.3. The van der Waals surface area contributed by atoms with Crippen LogP contribution in [0.5, 0.6) is 0 Å². The average molecular weight is 391 g/mol. The van der Waals surface area contributed by atoms with E-state index in [2.05, 4.69) is 15.3 Å². The number of allylic oxidation sites excluding steroid dienone is 1. The summed E-state index contributed by atoms with van der Waals surface area (Å²) in [6, 6.07) is -0.210. The van der Waals surface area contributed by atoms with Crippen LogP contribution in [0.1, 0.15) is 61.4 Å². The first-order chi connectivity index (χ1) is 12.7. The third-order valence-corrected chi connectivity index (χ3v) is 4.79. The number of hydrogen-bond acceptors (Lipinski definition) is 7. The Morgan fingerprint density at radius 3 is 2.63 bits per heavy atom. The molecule has 0 saturated carbocycles. The minimum Gasteiger partial charge on any atom is -0.464 e. The van der Waals surface area contributed by atoms with E-state index in [0.29, 0.717) is 17.9 Å². The summed E-state index contributed by atoms with van der Waals surface area (Å²) in [5, 5.41) is 5.61. The molecule has 7 nitrogen and oxygen atoms in total. The highest BCUT2D eigenvalue weighted by molar-refractivity contribution is 7.10. The fourth-order valence-corrected chi connectivity index (χ4v) is 3.38. The number of rotatable bonds is 7. The first kappa shape index (κ1) is 20.8. The quantitative estimate of drug-likeness (QED) is 0.565. The van der Waals surface area contributed by atoms with Gasteiger partial charge in [-0.3, -0.25) is 4.79 Å². The van der Waals surface area contributed by atoms with Crippen LogP contribution in [0.3, 0.4) is 0 Å². The fourth-order valence-electron chi connectivity index (χ4n) is 2.36. The molecule has 8 heteroatoms. The van der Waals surface area contributed by atoms with Gasteiger partial charge < -0.3 is 14.5 Å². The Kier molecular flexibility index (Phi) is 6.90. The Morgan fingerprint density at radius 2 is 2.04 bits per heavy atom. The predicted molar refractivity (Wildman–Crippen MR) is 103 cm³/mol. The average Bonchev–Trinajstić information content (AvgIpc) is 3.23. The molecule has 0 aromatic carbocycles. The number of thiazole rings is 1. The number of aryl methyl sites for hydroxylation is 1. The van der Waals surface area contributed by atoms with Crippen molar-refractivity contribution in [3.8, 4) is 11.6 Å². The van der Waals surface area contributed by atoms with Crippen LogP contribution < -0.4 is 5.32 Å². The molecule has 0 aliphatic rings. The topological polar surface area (TPSA) is 94.3 Å². The van der Waals surface area contributed by atoms with Crippen LogP contribution >= 0.6 is 11.3 Å². The van der Waals surface area contributed by atoms with Gasteiger partial charge >= 0.3 is 5.97 Å². The molecule has 146 valence electrons. The lowest BCUT2D eigenvalue weighted by atomic mass is 10.0. The SMILES string of the molecule is COC(=O)c1nc(-c2csc([C@@H](NC(=O)CC=C(C)C)C(C)C)n2)oc1C. The monoisotopic (exact) mass is 391 g/mol. The number of hydrogen-bond donors (Lipinski definition) is 1. The first-order valence-electron chi connectivity index (χ1n) is 8.67. The third kappa shape index (κ3) is 5.26. The molecule has 2 aromatic heterocycles. The summed E-state index contributed by atoms with van der Waals surface area (Å²) in [7, 11) is 1.29. The molecular weight excluding hydrogens is 366 g/mol. The second-order valence-corrected chi connectivity index (χ2v) is 7.65. The first-order valence-corrected chi connectivity index (χ1v) is 9.55. The van der Waals surface area contributed by atoms with Gasteiger partial charge in [-0.15, -0.1) is 11.3 Å². The van der Waals surface area contributed by atoms with Gasteiger partial charge in [-0.25, -0.2) is 14.8 Å². The molecule has 1 amide bonds. The van der Waals surface area contributed by atoms with E-state index < -0.39 is 5.97 Å². The van der Waals surface area contributed by atoms with E-state index in [4.69, 9.17) is 9.15 Å². The number of carbonyl (C=O) groups excluding carboxylic acids is 2. The minimum atomic E-state index is -0.551. The van der Waals surface area contributed by atoms with Crippen molar-refractivity contribution >= 4 is 23.2 Å². The molecule has 0 radical (unpaired) electrons. The lowest BCUT2D eigenvalue weighted by Gasteiger charge is -2.19. The van der Waals surface area contributed by atoms with E-state index in [-0.39, 0.29) is 29.5 Å². The fraction of sp³-hybridized carbons (Fsp3) is 0.474. The number of nitrogens with one attached hydrogen (secondary N) is 1. The number of methoxy groups -OCH3 is 1. The van der Waals surface area contributed by atoms with E-state index in [1.165, 1.54) is 18.4 Å². The van der Waals surface area contributed by atoms with Crippen molar-refractivity contribution in [3.05, 3.63) is 33.5 Å². The summed E-state index contributed by atoms with van der Waals surface area (Å²) in [4.78, 5) is 32.7. The number of amides is 1. The van der Waals surface area contributed by atoms with Gasteiger partial charge in [-0.05, 0) is 26.7 Å². The smallest absolute Gasteiger partial charge is 0.360 e. The predicted octanol–water partition coefficient (Wildman–Crippen LogP) is 4.06. The number of ether oxygens (including phenoxy) is 1. The molecule has 0 aliphatic heterocycles. The zero-order valence-electron chi connectivity index (χ0n) is 16.5. The maximum atomic E-state index is 12.2. The van der Waals surface area contributed by atoms with Crippen LogP contribution in [-0.4, -0.2) is 29.0 Å². The van der Waals surface area contributed by atoms with Crippen molar-refractivity contribution in [3.63, 3.8) is 0 Å². The summed E-state index contributed by atoms with van der Waals surface area (Å²) in [6.45, 7) is 9.62. The van der Waals surface area contributed by atoms with E-state index in [0.717, 1.165) is 10.6 Å². The summed E-state index contributed by atoms with van der Waals surface area (Å²) in [5.41, 5.74) is 1.76. The molecule has 0 bridgehead atoms. The number of carbonyl (C=O) groups is 2. The van der Waals surface area contributed by atoms with E-state index in [1.807, 2.05) is 33.8 Å². The van der Waals surface area contributed by atoms with Crippen molar-refractivity contribution in [2.75, 3.05) is 7.11 Å². The van der Waals surface area contributed by atoms with Crippen LogP contribution in [0, 0.1) is 12.8 Å². The molecule has 0 fully saturated rings. The van der Waals surface area contributed by atoms with Crippen LogP contribution in [0.25, 0.3) is 11.6 Å². The molecule has 2 rings (SSSR count). The molecule has 0 unspecified atom stereocenters. The molecule has 0 aliphatic carbocycles. The third-order valence-electron chi connectivity index (χ3n) is 3.86. The van der Waals surface area contributed by atoms with Crippen LogP contribution in [0.4, 0.5) is 0 Å². The Bertz CT molecular complexity index is 847. The van der Waals surface area contributed by atoms with Crippen molar-refractivity contribution < 1.29 is 18.7 Å². The highest BCUT2D eigenvalue weighted by atomic mass is 32.1.